The Kier molecular flexibility index (Phi) is 9.63. The summed E-state index contributed by atoms with van der Waals surface area (Å²) in [5.74, 6) is -0.490. The summed E-state index contributed by atoms with van der Waals surface area (Å²) >= 11 is 6.34. The summed E-state index contributed by atoms with van der Waals surface area (Å²) in [6, 6.07) is 10.3. The fourth-order valence-corrected chi connectivity index (χ4v) is 8.51. The molecule has 0 radical (unpaired) electrons. The van der Waals surface area contributed by atoms with Crippen molar-refractivity contribution in [3.63, 3.8) is 0 Å². The third-order valence-corrected chi connectivity index (χ3v) is 11.4. The van der Waals surface area contributed by atoms with Gasteiger partial charge in [-0.2, -0.15) is 13.2 Å². The van der Waals surface area contributed by atoms with Crippen molar-refractivity contribution in [2.75, 3.05) is 24.6 Å². The summed E-state index contributed by atoms with van der Waals surface area (Å²) in [6.45, 7) is 8.39. The number of carbonyl (C=O) groups is 1. The van der Waals surface area contributed by atoms with Crippen LogP contribution in [0.3, 0.4) is 0 Å². The van der Waals surface area contributed by atoms with E-state index >= 15 is 0 Å². The minimum Gasteiger partial charge on any atom is -0.490 e. The summed E-state index contributed by atoms with van der Waals surface area (Å²) in [7, 11) is -5.11. The Hall–Kier alpha value is -3.02. The van der Waals surface area contributed by atoms with Gasteiger partial charge in [0.15, 0.2) is 5.25 Å². The van der Waals surface area contributed by atoms with E-state index in [0.717, 1.165) is 49.3 Å². The zero-order chi connectivity index (χ0) is 32.6. The lowest BCUT2D eigenvalue weighted by Gasteiger charge is -2.45. The van der Waals surface area contributed by atoms with Crippen LogP contribution in [0.4, 0.5) is 18.9 Å². The first-order chi connectivity index (χ1) is 21.3. The second-order valence-corrected chi connectivity index (χ2v) is 14.7. The third kappa shape index (κ3) is 6.90. The molecule has 5 atom stereocenters. The van der Waals surface area contributed by atoms with E-state index in [1.807, 2.05) is 18.2 Å². The van der Waals surface area contributed by atoms with Crippen molar-refractivity contribution in [3.05, 3.63) is 83.4 Å². The van der Waals surface area contributed by atoms with Gasteiger partial charge in [-0.25, -0.2) is 13.1 Å². The molecule has 1 aliphatic heterocycles. The average Bonchev–Trinajstić information content (AvgIpc) is 3.10. The third-order valence-electron chi connectivity index (χ3n) is 9.49. The summed E-state index contributed by atoms with van der Waals surface area (Å²) in [6.07, 6.45) is 0.910. The van der Waals surface area contributed by atoms with Crippen molar-refractivity contribution in [1.29, 1.82) is 0 Å². The number of carbonyl (C=O) groups excluding carboxylic acids is 1. The van der Waals surface area contributed by atoms with Crippen molar-refractivity contribution in [1.82, 2.24) is 4.72 Å². The molecule has 0 bridgehead atoms. The summed E-state index contributed by atoms with van der Waals surface area (Å²) in [5.41, 5.74) is 2.30. The van der Waals surface area contributed by atoms with Crippen LogP contribution in [0.2, 0.25) is 5.02 Å². The first-order valence-electron chi connectivity index (χ1n) is 15.1. The van der Waals surface area contributed by atoms with Gasteiger partial charge in [-0.05, 0) is 98.2 Å². The van der Waals surface area contributed by atoms with Gasteiger partial charge in [0.2, 0.25) is 10.0 Å². The maximum Gasteiger partial charge on any atom is 0.407 e. The highest BCUT2D eigenvalue weighted by Gasteiger charge is 2.49. The lowest BCUT2D eigenvalue weighted by atomic mass is 9.68. The molecule has 12 heteroatoms. The second kappa shape index (κ2) is 13.0. The van der Waals surface area contributed by atoms with E-state index in [4.69, 9.17) is 16.3 Å². The molecule has 1 spiro atoms. The van der Waals surface area contributed by atoms with E-state index in [1.165, 1.54) is 12.1 Å². The number of ether oxygens (including phenoxy) is 1. The average molecular weight is 667 g/mol. The highest BCUT2D eigenvalue weighted by atomic mass is 35.5. The Labute approximate surface area is 267 Å². The predicted molar refractivity (Wildman–Crippen MR) is 168 cm³/mol. The van der Waals surface area contributed by atoms with E-state index < -0.39 is 45.3 Å². The van der Waals surface area contributed by atoms with Gasteiger partial charge >= 0.3 is 6.18 Å². The number of hydrogen-bond acceptors (Lipinski definition) is 6. The number of alkyl halides is 3. The van der Waals surface area contributed by atoms with Crippen LogP contribution in [0, 0.1) is 11.8 Å². The van der Waals surface area contributed by atoms with Crippen LogP contribution in [-0.2, 0) is 21.9 Å². The predicted octanol–water partition coefficient (Wildman–Crippen LogP) is 6.34. The van der Waals surface area contributed by atoms with Crippen molar-refractivity contribution in [2.24, 2.45) is 11.8 Å². The highest BCUT2D eigenvalue weighted by Crippen LogP contribution is 2.47. The van der Waals surface area contributed by atoms with Gasteiger partial charge in [0.05, 0.1) is 18.4 Å². The fraction of sp³-hybridized carbons (Fsp3) is 0.485. The van der Waals surface area contributed by atoms with Crippen LogP contribution >= 0.6 is 11.6 Å². The summed E-state index contributed by atoms with van der Waals surface area (Å²) in [4.78, 5) is 15.3. The minimum absolute atomic E-state index is 0.0600. The molecule has 3 aliphatic rings. The molecule has 0 unspecified atom stereocenters. The Bertz CT molecular complexity index is 1570. The van der Waals surface area contributed by atoms with Crippen molar-refractivity contribution >= 4 is 33.2 Å². The SMILES string of the molecule is C=CC[C@H](O)[C@@H]1CC[C@H]1CN1C[C@@]2(CCCc3cc(Cl)ccc32)COc2ccc(C(=O)NS(=O)(=O)[C@@H](CC=C)C(F)(F)F)cc21. The molecule has 244 valence electrons. The number of sulfonamides is 1. The number of allylic oxidation sites excluding steroid dienone is 1. The van der Waals surface area contributed by atoms with Gasteiger partial charge in [-0.15, -0.1) is 13.2 Å². The number of nitrogens with one attached hydrogen (secondary N) is 1. The van der Waals surface area contributed by atoms with Crippen LogP contribution in [0.5, 0.6) is 5.75 Å². The van der Waals surface area contributed by atoms with E-state index in [2.05, 4.69) is 18.1 Å². The van der Waals surface area contributed by atoms with E-state index in [1.54, 1.807) is 16.9 Å². The molecule has 1 heterocycles. The lowest BCUT2D eigenvalue weighted by molar-refractivity contribution is -0.129. The Balaban J connectivity index is 1.50. The normalized spacial score (nSPS) is 24.2. The molecule has 2 aliphatic carbocycles. The zero-order valence-electron chi connectivity index (χ0n) is 24.9. The number of rotatable bonds is 10. The molecule has 1 fully saturated rings. The number of aliphatic hydroxyl groups is 1. The Morgan fingerprint density at radius 1 is 1.18 bits per heavy atom. The van der Waals surface area contributed by atoms with Gasteiger partial charge in [0, 0.05) is 29.1 Å². The minimum atomic E-state index is -5.11. The number of aliphatic hydroxyl groups excluding tert-OH is 1. The van der Waals surface area contributed by atoms with E-state index in [0.29, 0.717) is 42.6 Å². The van der Waals surface area contributed by atoms with E-state index in [9.17, 15) is 31.5 Å². The molecule has 1 amide bonds. The molecule has 0 aromatic heterocycles. The summed E-state index contributed by atoms with van der Waals surface area (Å²) in [5, 5.41) is 8.60. The fourth-order valence-electron chi connectivity index (χ4n) is 7.06. The van der Waals surface area contributed by atoms with Crippen molar-refractivity contribution in [3.8, 4) is 5.75 Å². The Morgan fingerprint density at radius 3 is 2.60 bits per heavy atom. The van der Waals surface area contributed by atoms with E-state index in [-0.39, 0.29) is 17.4 Å². The van der Waals surface area contributed by atoms with Gasteiger partial charge in [0.1, 0.15) is 5.75 Å². The number of fused-ring (bicyclic) bond motifs is 3. The number of nitrogens with zero attached hydrogens (tertiary/aromatic N) is 1. The molecular weight excluding hydrogens is 629 g/mol. The first-order valence-corrected chi connectivity index (χ1v) is 17.0. The van der Waals surface area contributed by atoms with Crippen LogP contribution < -0.4 is 14.4 Å². The highest BCUT2D eigenvalue weighted by molar-refractivity contribution is 7.90. The molecule has 45 heavy (non-hydrogen) atoms. The van der Waals surface area contributed by atoms with Gasteiger partial charge in [-0.1, -0.05) is 29.8 Å². The van der Waals surface area contributed by atoms with Gasteiger partial charge in [0.25, 0.3) is 5.91 Å². The molecule has 2 aromatic rings. The quantitative estimate of drug-likeness (QED) is 0.287. The van der Waals surface area contributed by atoms with Gasteiger partial charge in [-0.3, -0.25) is 4.79 Å². The molecule has 0 saturated heterocycles. The molecule has 2 N–H and O–H groups in total. The van der Waals surface area contributed by atoms with Crippen molar-refractivity contribution < 1.29 is 36.2 Å². The zero-order valence-corrected chi connectivity index (χ0v) is 26.4. The van der Waals surface area contributed by atoms with Crippen LogP contribution in [-0.4, -0.2) is 56.7 Å². The lowest BCUT2D eigenvalue weighted by Crippen LogP contribution is -2.49. The molecule has 5 rings (SSSR count). The van der Waals surface area contributed by atoms with Crippen LogP contribution in [0.15, 0.2) is 61.7 Å². The number of anilines is 1. The maximum absolute atomic E-state index is 13.5. The number of hydrogen-bond donors (Lipinski definition) is 2. The second-order valence-electron chi connectivity index (χ2n) is 12.4. The first kappa shape index (κ1) is 33.3. The standard InChI is InChI=1S/C33H38ClF3N2O5S/c1-3-6-28(40)25-12-9-23(25)18-39-19-32(15-5-8-21-16-24(34)11-13-26(21)32)20-44-29-14-10-22(17-27(29)39)31(41)38-45(42,43)30(7-4-2)33(35,36)37/h3-4,10-11,13-14,16-17,23,25,28,30,40H,1-2,5-9,12,15,18-20H2,(H,38,41)/t23-,25+,28-,30-,32-/m0/s1. The van der Waals surface area contributed by atoms with Gasteiger partial charge < -0.3 is 14.7 Å². The number of amides is 1. The largest absolute Gasteiger partial charge is 0.490 e. The molecule has 2 aromatic carbocycles. The smallest absolute Gasteiger partial charge is 0.407 e. The van der Waals surface area contributed by atoms with Crippen LogP contribution in [0.25, 0.3) is 0 Å². The monoisotopic (exact) mass is 666 g/mol. The van der Waals surface area contributed by atoms with Crippen molar-refractivity contribution in [2.45, 2.75) is 67.9 Å². The molecule has 1 saturated carbocycles. The maximum atomic E-state index is 13.5. The Morgan fingerprint density at radius 2 is 1.93 bits per heavy atom. The summed E-state index contributed by atoms with van der Waals surface area (Å²) < 4.78 is 74.0. The molecular formula is C33H38ClF3N2O5S. The topological polar surface area (TPSA) is 95.9 Å². The number of benzene rings is 2. The number of aryl methyl sites for hydroxylation is 1. The number of halogens is 4. The van der Waals surface area contributed by atoms with Crippen LogP contribution in [0.1, 0.15) is 60.0 Å². The molecule has 7 nitrogen and oxygen atoms in total.